The highest BCUT2D eigenvalue weighted by Gasteiger charge is 2.30. The zero-order valence-electron chi connectivity index (χ0n) is 14.8. The normalized spacial score (nSPS) is 19.5. The molecule has 0 radical (unpaired) electrons. The number of nitrogens with one attached hydrogen (secondary N) is 1. The van der Waals surface area contributed by atoms with Gasteiger partial charge >= 0.3 is 11.9 Å². The van der Waals surface area contributed by atoms with Crippen molar-refractivity contribution in [2.45, 2.75) is 50.6 Å². The van der Waals surface area contributed by atoms with Crippen LogP contribution in [0.3, 0.4) is 0 Å². The topological polar surface area (TPSA) is 107 Å². The summed E-state index contributed by atoms with van der Waals surface area (Å²) in [7, 11) is 0. The summed E-state index contributed by atoms with van der Waals surface area (Å²) in [5.74, 6) is -2.38. The fraction of sp³-hybridized carbons (Fsp3) is 0.526. The van der Waals surface area contributed by atoms with Gasteiger partial charge in [-0.2, -0.15) is 0 Å². The molecular formula is C19H26N2O5. The predicted octanol–water partition coefficient (Wildman–Crippen LogP) is 1.52. The first-order chi connectivity index (χ1) is 12.5. The van der Waals surface area contributed by atoms with Crippen LogP contribution < -0.4 is 5.32 Å². The second-order valence-electron chi connectivity index (χ2n) is 6.64. The van der Waals surface area contributed by atoms with Crippen LogP contribution in [0.25, 0.3) is 0 Å². The zero-order valence-corrected chi connectivity index (χ0v) is 14.8. The molecule has 1 amide bonds. The molecule has 3 N–H and O–H groups in total. The van der Waals surface area contributed by atoms with E-state index in [1.165, 1.54) is 4.90 Å². The standard InChI is InChI=1S/C19H26N2O5/c22-17(23)13-21-12-6-2-5-9-15(18(21)24)20-16(19(25)26)11-10-14-7-3-1-4-8-14/h1,3-4,7-8,15-16,20H,2,5-6,9-13H2,(H,22,23)(H,25,26)/t15?,16-/m0/s1. The Morgan fingerprint density at radius 1 is 1.15 bits per heavy atom. The molecule has 1 unspecified atom stereocenters. The average Bonchev–Trinajstić information content (AvgIpc) is 2.60. The number of rotatable bonds is 8. The van der Waals surface area contributed by atoms with E-state index < -0.39 is 24.0 Å². The van der Waals surface area contributed by atoms with Crippen molar-refractivity contribution in [3.8, 4) is 0 Å². The van der Waals surface area contributed by atoms with Crippen LogP contribution in [0.2, 0.25) is 0 Å². The summed E-state index contributed by atoms with van der Waals surface area (Å²) in [6.45, 7) is 0.0455. The lowest BCUT2D eigenvalue weighted by Gasteiger charge is -2.30. The molecule has 0 spiro atoms. The lowest BCUT2D eigenvalue weighted by molar-refractivity contribution is -0.147. The molecule has 1 saturated heterocycles. The number of carbonyl (C=O) groups excluding carboxylic acids is 1. The Morgan fingerprint density at radius 2 is 1.88 bits per heavy atom. The van der Waals surface area contributed by atoms with Crippen molar-refractivity contribution >= 4 is 17.8 Å². The molecule has 2 atom stereocenters. The first-order valence-electron chi connectivity index (χ1n) is 9.00. The Morgan fingerprint density at radius 3 is 2.54 bits per heavy atom. The first kappa shape index (κ1) is 19.9. The summed E-state index contributed by atoms with van der Waals surface area (Å²) >= 11 is 0. The van der Waals surface area contributed by atoms with Crippen LogP contribution in [-0.4, -0.2) is 58.1 Å². The van der Waals surface area contributed by atoms with Gasteiger partial charge in [0.05, 0.1) is 6.04 Å². The minimum Gasteiger partial charge on any atom is -0.480 e. The van der Waals surface area contributed by atoms with Crippen molar-refractivity contribution in [2.24, 2.45) is 0 Å². The van der Waals surface area contributed by atoms with E-state index in [-0.39, 0.29) is 12.5 Å². The van der Waals surface area contributed by atoms with E-state index >= 15 is 0 Å². The zero-order chi connectivity index (χ0) is 18.9. The van der Waals surface area contributed by atoms with Gasteiger partial charge in [0.1, 0.15) is 12.6 Å². The number of hydrogen-bond acceptors (Lipinski definition) is 4. The third-order valence-electron chi connectivity index (χ3n) is 4.62. The fourth-order valence-corrected chi connectivity index (χ4v) is 3.23. The van der Waals surface area contributed by atoms with Crippen LogP contribution >= 0.6 is 0 Å². The highest BCUT2D eigenvalue weighted by molar-refractivity contribution is 5.86. The van der Waals surface area contributed by atoms with Gasteiger partial charge < -0.3 is 15.1 Å². The van der Waals surface area contributed by atoms with Gasteiger partial charge in [0.15, 0.2) is 0 Å². The molecule has 0 bridgehead atoms. The molecule has 0 aromatic heterocycles. The van der Waals surface area contributed by atoms with Gasteiger partial charge in [-0.05, 0) is 31.2 Å². The van der Waals surface area contributed by atoms with Gasteiger partial charge in [-0.3, -0.25) is 19.7 Å². The maximum absolute atomic E-state index is 12.7. The second kappa shape index (κ2) is 9.91. The van der Waals surface area contributed by atoms with Crippen molar-refractivity contribution in [2.75, 3.05) is 13.1 Å². The minimum atomic E-state index is -1.06. The van der Waals surface area contributed by atoms with Gasteiger partial charge in [0.25, 0.3) is 0 Å². The smallest absolute Gasteiger partial charge is 0.323 e. The van der Waals surface area contributed by atoms with Crippen molar-refractivity contribution < 1.29 is 24.6 Å². The van der Waals surface area contributed by atoms with Crippen LogP contribution in [0.15, 0.2) is 30.3 Å². The van der Waals surface area contributed by atoms with Crippen molar-refractivity contribution in [3.05, 3.63) is 35.9 Å². The van der Waals surface area contributed by atoms with E-state index in [1.54, 1.807) is 0 Å². The molecule has 7 heteroatoms. The molecule has 0 saturated carbocycles. The average molecular weight is 362 g/mol. The summed E-state index contributed by atoms with van der Waals surface area (Å²) in [6.07, 6.45) is 3.94. The van der Waals surface area contributed by atoms with Crippen molar-refractivity contribution in [1.29, 1.82) is 0 Å². The molecule has 0 aliphatic carbocycles. The molecule has 1 aliphatic heterocycles. The molecule has 1 heterocycles. The van der Waals surface area contributed by atoms with Crippen LogP contribution in [0.1, 0.15) is 37.7 Å². The molecule has 1 aromatic rings. The van der Waals surface area contributed by atoms with E-state index in [9.17, 15) is 19.5 Å². The van der Waals surface area contributed by atoms with Gasteiger partial charge in [-0.15, -0.1) is 0 Å². The van der Waals surface area contributed by atoms with Crippen LogP contribution in [-0.2, 0) is 20.8 Å². The Balaban J connectivity index is 2.02. The minimum absolute atomic E-state index is 0.321. The number of hydrogen-bond donors (Lipinski definition) is 3. The number of carboxylic acids is 2. The molecule has 1 fully saturated rings. The van der Waals surface area contributed by atoms with E-state index in [1.807, 2.05) is 30.3 Å². The predicted molar refractivity (Wildman–Crippen MR) is 95.8 cm³/mol. The molecule has 2 rings (SSSR count). The molecule has 26 heavy (non-hydrogen) atoms. The molecule has 142 valence electrons. The van der Waals surface area contributed by atoms with Crippen LogP contribution in [0, 0.1) is 0 Å². The van der Waals surface area contributed by atoms with E-state index in [2.05, 4.69) is 5.32 Å². The summed E-state index contributed by atoms with van der Waals surface area (Å²) in [6, 6.07) is 8.08. The van der Waals surface area contributed by atoms with Gasteiger partial charge in [0.2, 0.25) is 5.91 Å². The monoisotopic (exact) mass is 362 g/mol. The van der Waals surface area contributed by atoms with Crippen LogP contribution in [0.4, 0.5) is 0 Å². The highest BCUT2D eigenvalue weighted by atomic mass is 16.4. The van der Waals surface area contributed by atoms with Gasteiger partial charge in [-0.25, -0.2) is 0 Å². The Kier molecular flexibility index (Phi) is 7.59. The maximum atomic E-state index is 12.7. The summed E-state index contributed by atoms with van der Waals surface area (Å²) in [4.78, 5) is 36.6. The highest BCUT2D eigenvalue weighted by Crippen LogP contribution is 2.15. The Labute approximate surface area is 153 Å². The lowest BCUT2D eigenvalue weighted by atomic mass is 10.00. The van der Waals surface area contributed by atoms with Gasteiger partial charge in [0, 0.05) is 6.54 Å². The maximum Gasteiger partial charge on any atom is 0.323 e. The Hall–Kier alpha value is -2.41. The number of likely N-dealkylation sites (tertiary alicyclic amines) is 1. The molecule has 7 nitrogen and oxygen atoms in total. The van der Waals surface area contributed by atoms with E-state index in [4.69, 9.17) is 5.11 Å². The quantitative estimate of drug-likeness (QED) is 0.647. The number of carbonyl (C=O) groups is 3. The SMILES string of the molecule is O=C(O)CN1CCCCCC(N[C@@H](CCc2ccccc2)C(=O)O)C1=O. The Bertz CT molecular complexity index is 620. The second-order valence-corrected chi connectivity index (χ2v) is 6.64. The third-order valence-corrected chi connectivity index (χ3v) is 4.62. The number of amides is 1. The van der Waals surface area contributed by atoms with Crippen molar-refractivity contribution in [1.82, 2.24) is 10.2 Å². The summed E-state index contributed by atoms with van der Waals surface area (Å²) in [5.41, 5.74) is 1.04. The molecule has 1 aliphatic rings. The molecule has 1 aromatic carbocycles. The van der Waals surface area contributed by atoms with E-state index in [0.29, 0.717) is 25.8 Å². The number of carboxylic acid groups (broad SMARTS) is 2. The van der Waals surface area contributed by atoms with Gasteiger partial charge in [-0.1, -0.05) is 43.2 Å². The number of aryl methyl sites for hydroxylation is 1. The largest absolute Gasteiger partial charge is 0.480 e. The van der Waals surface area contributed by atoms with E-state index in [0.717, 1.165) is 24.8 Å². The molecular weight excluding hydrogens is 336 g/mol. The summed E-state index contributed by atoms with van der Waals surface area (Å²) < 4.78 is 0. The number of benzene rings is 1. The number of aliphatic carboxylic acids is 2. The first-order valence-corrected chi connectivity index (χ1v) is 9.00. The van der Waals surface area contributed by atoms with Crippen molar-refractivity contribution in [3.63, 3.8) is 0 Å². The van der Waals surface area contributed by atoms with Crippen LogP contribution in [0.5, 0.6) is 0 Å². The third kappa shape index (κ3) is 6.15. The number of nitrogens with zero attached hydrogens (tertiary/aromatic N) is 1. The fourth-order valence-electron chi connectivity index (χ4n) is 3.23. The summed E-state index contributed by atoms with van der Waals surface area (Å²) in [5, 5.41) is 21.5. The lowest BCUT2D eigenvalue weighted by Crippen LogP contribution is -2.53.